The van der Waals surface area contributed by atoms with Gasteiger partial charge in [-0.15, -0.1) is 0 Å². The second-order valence-electron chi connectivity index (χ2n) is 15.9. The van der Waals surface area contributed by atoms with E-state index >= 15 is 0 Å². The zero-order valence-corrected chi connectivity index (χ0v) is 33.6. The van der Waals surface area contributed by atoms with E-state index in [0.717, 1.165) is 84.2 Å². The zero-order chi connectivity index (χ0) is 41.0. The summed E-state index contributed by atoms with van der Waals surface area (Å²) in [5.74, 6) is 2.41. The Balaban J connectivity index is 0.984. The Morgan fingerprint density at radius 3 is 1.26 bits per heavy atom. The van der Waals surface area contributed by atoms with Crippen molar-refractivity contribution in [1.29, 1.82) is 0 Å². The Morgan fingerprint density at radius 2 is 0.742 bits per heavy atom. The molecule has 3 heterocycles. The van der Waals surface area contributed by atoms with Gasteiger partial charge in [0.15, 0.2) is 5.82 Å². The molecule has 0 atom stereocenters. The molecular weight excluding hydrogens is 755 g/mol. The van der Waals surface area contributed by atoms with Gasteiger partial charge in [-0.2, -0.15) is 0 Å². The van der Waals surface area contributed by atoms with Gasteiger partial charge in [-0.05, 0) is 87.0 Å². The number of hydrogen-bond acceptors (Lipinski definition) is 4. The number of pyridine rings is 1. The average molecular weight is 792 g/mol. The van der Waals surface area contributed by atoms with Gasteiger partial charge in [0.1, 0.15) is 11.5 Å². The quantitative estimate of drug-likeness (QED) is 0.168. The van der Waals surface area contributed by atoms with Crippen LogP contribution in [0, 0.1) is 0 Å². The first-order valence-corrected chi connectivity index (χ1v) is 21.0. The van der Waals surface area contributed by atoms with Crippen molar-refractivity contribution in [3.8, 4) is 90.0 Å². The van der Waals surface area contributed by atoms with Crippen molar-refractivity contribution >= 4 is 0 Å². The maximum atomic E-state index is 6.90. The topological polar surface area (TPSA) is 47.9 Å². The number of benzene rings is 8. The molecule has 10 aromatic rings. The van der Waals surface area contributed by atoms with E-state index in [0.29, 0.717) is 5.82 Å². The minimum atomic E-state index is -0.616. The van der Waals surface area contributed by atoms with Gasteiger partial charge >= 0.3 is 0 Å². The molecule has 2 aliphatic rings. The second-order valence-corrected chi connectivity index (χ2v) is 15.9. The Labute approximate surface area is 360 Å². The van der Waals surface area contributed by atoms with Crippen molar-refractivity contribution in [3.05, 3.63) is 247 Å². The van der Waals surface area contributed by atoms with Crippen molar-refractivity contribution in [1.82, 2.24) is 15.0 Å². The largest absolute Gasteiger partial charge is 0.457 e. The van der Waals surface area contributed by atoms with Crippen LogP contribution in [0.15, 0.2) is 225 Å². The fourth-order valence-electron chi connectivity index (χ4n) is 9.53. The van der Waals surface area contributed by atoms with Crippen LogP contribution in [-0.4, -0.2) is 15.0 Å². The van der Waals surface area contributed by atoms with Crippen LogP contribution in [0.4, 0.5) is 0 Å². The predicted molar refractivity (Wildman–Crippen MR) is 250 cm³/mol. The van der Waals surface area contributed by atoms with E-state index in [9.17, 15) is 0 Å². The van der Waals surface area contributed by atoms with Gasteiger partial charge in [-0.1, -0.05) is 176 Å². The number of ether oxygens (including phenoxy) is 1. The van der Waals surface area contributed by atoms with Gasteiger partial charge in [-0.25, -0.2) is 9.97 Å². The molecule has 1 spiro atoms. The summed E-state index contributed by atoms with van der Waals surface area (Å²) in [5.41, 5.74) is 18.0. The lowest BCUT2D eigenvalue weighted by molar-refractivity contribution is 0.436. The Kier molecular flexibility index (Phi) is 8.36. The minimum Gasteiger partial charge on any atom is -0.457 e. The Bertz CT molecular complexity index is 3190. The molecule has 2 aromatic heterocycles. The highest BCUT2D eigenvalue weighted by atomic mass is 16.5. The summed E-state index contributed by atoms with van der Waals surface area (Å²) in [7, 11) is 0. The van der Waals surface area contributed by atoms with Gasteiger partial charge in [0.05, 0.1) is 22.5 Å². The van der Waals surface area contributed by atoms with Crippen molar-refractivity contribution in [2.45, 2.75) is 5.41 Å². The molecule has 12 rings (SSSR count). The lowest BCUT2D eigenvalue weighted by atomic mass is 9.65. The van der Waals surface area contributed by atoms with Gasteiger partial charge in [0, 0.05) is 39.6 Å². The highest BCUT2D eigenvalue weighted by Crippen LogP contribution is 2.62. The summed E-state index contributed by atoms with van der Waals surface area (Å²) in [6.45, 7) is 0. The number of rotatable bonds is 6. The molecule has 4 heteroatoms. The Hall–Kier alpha value is -8.21. The summed E-state index contributed by atoms with van der Waals surface area (Å²) in [6, 6.07) is 77.2. The normalized spacial score (nSPS) is 12.8. The van der Waals surface area contributed by atoms with Crippen LogP contribution in [-0.2, 0) is 5.41 Å². The van der Waals surface area contributed by atoms with Crippen LogP contribution in [0.1, 0.15) is 22.3 Å². The van der Waals surface area contributed by atoms with E-state index in [-0.39, 0.29) is 0 Å². The van der Waals surface area contributed by atoms with Crippen LogP contribution in [0.5, 0.6) is 11.5 Å². The lowest BCUT2D eigenvalue weighted by Crippen LogP contribution is -2.32. The summed E-state index contributed by atoms with van der Waals surface area (Å²) >= 11 is 0. The molecular formula is C58H37N3O. The average Bonchev–Trinajstić information content (AvgIpc) is 3.65. The lowest BCUT2D eigenvalue weighted by Gasteiger charge is -2.40. The van der Waals surface area contributed by atoms with E-state index in [2.05, 4.69) is 169 Å². The van der Waals surface area contributed by atoms with E-state index in [1.807, 2.05) is 60.8 Å². The van der Waals surface area contributed by atoms with Crippen LogP contribution >= 0.6 is 0 Å². The van der Waals surface area contributed by atoms with Crippen LogP contribution in [0.25, 0.3) is 78.5 Å². The van der Waals surface area contributed by atoms with E-state index in [4.69, 9.17) is 14.7 Å². The van der Waals surface area contributed by atoms with Gasteiger partial charge in [0.25, 0.3) is 0 Å². The smallest absolute Gasteiger partial charge is 0.160 e. The third kappa shape index (κ3) is 5.80. The first-order valence-electron chi connectivity index (χ1n) is 21.0. The molecule has 0 saturated heterocycles. The maximum absolute atomic E-state index is 6.90. The molecule has 4 nitrogen and oxygen atoms in total. The SMILES string of the molecule is c1ccc(-c2cc(-c3ccccc3)nc(-c3ccc(-c4ccc5c(c4)C4(c6cc(-c7ccc(-c8ccccn8)cc7)ccc6O5)c5ccccc5-c5ccccc54)cc3)n2)cc1. The van der Waals surface area contributed by atoms with E-state index in [1.165, 1.54) is 22.3 Å². The molecule has 290 valence electrons. The monoisotopic (exact) mass is 791 g/mol. The molecule has 0 bridgehead atoms. The summed E-state index contributed by atoms with van der Waals surface area (Å²) in [4.78, 5) is 14.7. The van der Waals surface area contributed by atoms with Gasteiger partial charge in [-0.3, -0.25) is 4.98 Å². The highest BCUT2D eigenvalue weighted by molar-refractivity contribution is 5.90. The number of fused-ring (bicyclic) bond motifs is 9. The molecule has 62 heavy (non-hydrogen) atoms. The standard InChI is InChI=1S/C58H37N3O/c1-3-13-40(14-4-1)53-37-54(41-15-5-2-6-16-41)61-57(60-53)43-28-24-39(25-29-43)45-31-33-56-51(36-45)58(48-19-9-7-17-46(48)47-18-8-10-20-49(47)58)50-35-44(30-32-55(50)62-56)38-22-26-42(27-23-38)52-21-11-12-34-59-52/h1-37H. The Morgan fingerprint density at radius 1 is 0.306 bits per heavy atom. The summed E-state index contributed by atoms with van der Waals surface area (Å²) in [5, 5.41) is 0. The molecule has 1 aliphatic heterocycles. The zero-order valence-electron chi connectivity index (χ0n) is 33.6. The molecule has 0 amide bonds. The molecule has 0 unspecified atom stereocenters. The van der Waals surface area contributed by atoms with Crippen molar-refractivity contribution in [3.63, 3.8) is 0 Å². The third-order valence-corrected chi connectivity index (χ3v) is 12.5. The maximum Gasteiger partial charge on any atom is 0.160 e. The minimum absolute atomic E-state index is 0.616. The summed E-state index contributed by atoms with van der Waals surface area (Å²) < 4.78 is 6.90. The van der Waals surface area contributed by atoms with Crippen molar-refractivity contribution in [2.24, 2.45) is 0 Å². The van der Waals surface area contributed by atoms with Crippen molar-refractivity contribution in [2.75, 3.05) is 0 Å². The van der Waals surface area contributed by atoms with Crippen LogP contribution in [0.2, 0.25) is 0 Å². The fourth-order valence-corrected chi connectivity index (χ4v) is 9.53. The molecule has 0 fully saturated rings. The second kappa shape index (κ2) is 14.5. The summed E-state index contributed by atoms with van der Waals surface area (Å²) in [6.07, 6.45) is 1.84. The van der Waals surface area contributed by atoms with Crippen LogP contribution < -0.4 is 4.74 Å². The third-order valence-electron chi connectivity index (χ3n) is 12.5. The van der Waals surface area contributed by atoms with Crippen LogP contribution in [0.3, 0.4) is 0 Å². The van der Waals surface area contributed by atoms with Crippen molar-refractivity contribution < 1.29 is 4.74 Å². The van der Waals surface area contributed by atoms with E-state index in [1.54, 1.807) is 0 Å². The number of aromatic nitrogens is 3. The highest BCUT2D eigenvalue weighted by Gasteiger charge is 2.51. The molecule has 8 aromatic carbocycles. The first-order chi connectivity index (χ1) is 30.7. The molecule has 0 N–H and O–H groups in total. The van der Waals surface area contributed by atoms with E-state index < -0.39 is 5.41 Å². The molecule has 1 aliphatic carbocycles. The predicted octanol–water partition coefficient (Wildman–Crippen LogP) is 14.3. The van der Waals surface area contributed by atoms with Gasteiger partial charge in [0.2, 0.25) is 0 Å². The van der Waals surface area contributed by atoms with Gasteiger partial charge < -0.3 is 4.74 Å². The number of nitrogens with zero attached hydrogens (tertiary/aromatic N) is 3. The molecule has 0 saturated carbocycles. The number of hydrogen-bond donors (Lipinski definition) is 0. The first kappa shape index (κ1) is 35.7. The fraction of sp³-hybridized carbons (Fsp3) is 0.0172. The molecule has 0 radical (unpaired) electrons.